The highest BCUT2D eigenvalue weighted by Gasteiger charge is 2.22. The Morgan fingerprint density at radius 2 is 1.97 bits per heavy atom. The van der Waals surface area contributed by atoms with E-state index in [0.717, 1.165) is 48.2 Å². The highest BCUT2D eigenvalue weighted by Crippen LogP contribution is 2.26. The van der Waals surface area contributed by atoms with E-state index in [4.69, 9.17) is 16.3 Å². The number of halogens is 1. The van der Waals surface area contributed by atoms with Gasteiger partial charge < -0.3 is 15.0 Å². The number of piperazine rings is 1. The number of aromatic nitrogens is 1. The van der Waals surface area contributed by atoms with Crippen molar-refractivity contribution in [3.63, 3.8) is 0 Å². The molecule has 9 heteroatoms. The minimum absolute atomic E-state index is 0.137. The molecule has 0 spiro atoms. The first-order chi connectivity index (χ1) is 13.9. The number of anilines is 2. The molecule has 1 aliphatic heterocycles. The summed E-state index contributed by atoms with van der Waals surface area (Å²) in [6.07, 6.45) is 0. The summed E-state index contributed by atoms with van der Waals surface area (Å²) in [5, 5.41) is 3.94. The first-order valence-electron chi connectivity index (χ1n) is 9.55. The number of esters is 1. The Hall–Kier alpha value is -2.16. The van der Waals surface area contributed by atoms with Gasteiger partial charge in [0.1, 0.15) is 4.88 Å². The summed E-state index contributed by atoms with van der Waals surface area (Å²) in [5.74, 6) is -0.544. The standard InChI is InChI=1S/C20H25ClN4O3S/c1-4-28-19(27)18-14(3)22-20(29-18)23-17(26)12-24-7-9-25(10-8-24)16-11-15(21)6-5-13(16)2/h5-6,11H,4,7-10,12H2,1-3H3,(H,22,23,26). The average Bonchev–Trinajstić information content (AvgIpc) is 3.04. The number of amides is 1. The van der Waals surface area contributed by atoms with Crippen LogP contribution in [0.15, 0.2) is 18.2 Å². The van der Waals surface area contributed by atoms with Crippen LogP contribution in [-0.4, -0.2) is 61.1 Å². The van der Waals surface area contributed by atoms with E-state index in [0.29, 0.717) is 22.3 Å². The van der Waals surface area contributed by atoms with E-state index in [1.54, 1.807) is 13.8 Å². The van der Waals surface area contributed by atoms with Crippen LogP contribution in [0.25, 0.3) is 0 Å². The normalized spacial score (nSPS) is 14.7. The lowest BCUT2D eigenvalue weighted by atomic mass is 10.1. The summed E-state index contributed by atoms with van der Waals surface area (Å²) < 4.78 is 5.01. The van der Waals surface area contributed by atoms with Gasteiger partial charge in [0.2, 0.25) is 5.91 Å². The molecule has 1 saturated heterocycles. The van der Waals surface area contributed by atoms with Gasteiger partial charge in [0.15, 0.2) is 5.13 Å². The predicted molar refractivity (Wildman–Crippen MR) is 116 cm³/mol. The quantitative estimate of drug-likeness (QED) is 0.700. The molecule has 1 N–H and O–H groups in total. The molecule has 1 aromatic carbocycles. The van der Waals surface area contributed by atoms with Crippen molar-refractivity contribution in [1.29, 1.82) is 0 Å². The van der Waals surface area contributed by atoms with Gasteiger partial charge in [0, 0.05) is 36.9 Å². The van der Waals surface area contributed by atoms with E-state index in [-0.39, 0.29) is 12.5 Å². The molecule has 0 saturated carbocycles. The molecule has 0 aliphatic carbocycles. The number of carbonyl (C=O) groups excluding carboxylic acids is 2. The Kier molecular flexibility index (Phi) is 7.10. The van der Waals surface area contributed by atoms with E-state index < -0.39 is 5.97 Å². The van der Waals surface area contributed by atoms with Gasteiger partial charge in [0.25, 0.3) is 0 Å². The molecule has 29 heavy (non-hydrogen) atoms. The Labute approximate surface area is 179 Å². The van der Waals surface area contributed by atoms with Gasteiger partial charge in [-0.2, -0.15) is 0 Å². The maximum absolute atomic E-state index is 12.4. The molecule has 0 atom stereocenters. The number of carbonyl (C=O) groups is 2. The van der Waals surface area contributed by atoms with Crippen LogP contribution < -0.4 is 10.2 Å². The van der Waals surface area contributed by atoms with E-state index in [2.05, 4.69) is 27.0 Å². The highest BCUT2D eigenvalue weighted by molar-refractivity contribution is 7.17. The third-order valence-electron chi connectivity index (χ3n) is 4.76. The van der Waals surface area contributed by atoms with Gasteiger partial charge in [-0.15, -0.1) is 0 Å². The lowest BCUT2D eigenvalue weighted by molar-refractivity contribution is -0.117. The molecular formula is C20H25ClN4O3S. The van der Waals surface area contributed by atoms with Crippen LogP contribution in [0, 0.1) is 13.8 Å². The zero-order valence-electron chi connectivity index (χ0n) is 16.8. The van der Waals surface area contributed by atoms with Crippen LogP contribution in [0.2, 0.25) is 5.02 Å². The van der Waals surface area contributed by atoms with Gasteiger partial charge in [-0.3, -0.25) is 9.69 Å². The van der Waals surface area contributed by atoms with Crippen molar-refractivity contribution >= 4 is 45.6 Å². The first-order valence-corrected chi connectivity index (χ1v) is 10.7. The third-order valence-corrected chi connectivity index (χ3v) is 6.04. The fourth-order valence-corrected chi connectivity index (χ4v) is 4.31. The molecule has 156 valence electrons. The number of nitrogens with one attached hydrogen (secondary N) is 1. The van der Waals surface area contributed by atoms with E-state index in [1.807, 2.05) is 18.2 Å². The van der Waals surface area contributed by atoms with Gasteiger partial charge in [0.05, 0.1) is 18.8 Å². The van der Waals surface area contributed by atoms with Crippen molar-refractivity contribution < 1.29 is 14.3 Å². The summed E-state index contributed by atoms with van der Waals surface area (Å²) in [4.78, 5) is 33.4. The molecule has 1 amide bonds. The van der Waals surface area contributed by atoms with Gasteiger partial charge >= 0.3 is 5.97 Å². The monoisotopic (exact) mass is 436 g/mol. The minimum atomic E-state index is -0.407. The summed E-state index contributed by atoms with van der Waals surface area (Å²) in [7, 11) is 0. The second-order valence-corrected chi connectivity index (χ2v) is 8.33. The fourth-order valence-electron chi connectivity index (χ4n) is 3.27. The SMILES string of the molecule is CCOC(=O)c1sc(NC(=O)CN2CCN(c3cc(Cl)ccc3C)CC2)nc1C. The predicted octanol–water partition coefficient (Wildman–Crippen LogP) is 3.35. The van der Waals surface area contributed by atoms with Crippen LogP contribution >= 0.6 is 22.9 Å². The Morgan fingerprint density at radius 3 is 2.66 bits per heavy atom. The maximum atomic E-state index is 12.4. The molecule has 1 fully saturated rings. The number of benzene rings is 1. The molecule has 2 aromatic rings. The smallest absolute Gasteiger partial charge is 0.350 e. The number of ether oxygens (including phenoxy) is 1. The number of hydrogen-bond donors (Lipinski definition) is 1. The maximum Gasteiger partial charge on any atom is 0.350 e. The van der Waals surface area contributed by atoms with Crippen LogP contribution in [0.4, 0.5) is 10.8 Å². The first kappa shape index (κ1) is 21.5. The number of thiazole rings is 1. The lowest BCUT2D eigenvalue weighted by Crippen LogP contribution is -2.48. The molecule has 3 rings (SSSR count). The molecule has 2 heterocycles. The second kappa shape index (κ2) is 9.56. The Bertz CT molecular complexity index is 894. The summed E-state index contributed by atoms with van der Waals surface area (Å²) in [5.41, 5.74) is 2.90. The van der Waals surface area contributed by atoms with E-state index in [1.165, 1.54) is 5.56 Å². The topological polar surface area (TPSA) is 74.8 Å². The van der Waals surface area contributed by atoms with Crippen molar-refractivity contribution in [3.8, 4) is 0 Å². The molecular weight excluding hydrogens is 412 g/mol. The van der Waals surface area contributed by atoms with Crippen molar-refractivity contribution in [3.05, 3.63) is 39.4 Å². The number of hydrogen-bond acceptors (Lipinski definition) is 7. The minimum Gasteiger partial charge on any atom is -0.462 e. The Morgan fingerprint density at radius 1 is 1.24 bits per heavy atom. The molecule has 0 radical (unpaired) electrons. The van der Waals surface area contributed by atoms with Gasteiger partial charge in [-0.1, -0.05) is 29.0 Å². The highest BCUT2D eigenvalue weighted by atomic mass is 35.5. The summed E-state index contributed by atoms with van der Waals surface area (Å²) in [6.45, 7) is 9.38. The van der Waals surface area contributed by atoms with Crippen LogP contribution in [0.3, 0.4) is 0 Å². The van der Waals surface area contributed by atoms with Crippen molar-refractivity contribution in [2.24, 2.45) is 0 Å². The van der Waals surface area contributed by atoms with Crippen LogP contribution in [0.5, 0.6) is 0 Å². The third kappa shape index (κ3) is 5.46. The molecule has 1 aromatic heterocycles. The van der Waals surface area contributed by atoms with E-state index >= 15 is 0 Å². The van der Waals surface area contributed by atoms with Crippen LogP contribution in [0.1, 0.15) is 27.9 Å². The average molecular weight is 437 g/mol. The van der Waals surface area contributed by atoms with Gasteiger partial charge in [-0.05, 0) is 38.5 Å². The fraction of sp³-hybridized carbons (Fsp3) is 0.450. The second-order valence-electron chi connectivity index (χ2n) is 6.90. The molecule has 7 nitrogen and oxygen atoms in total. The van der Waals surface area contributed by atoms with E-state index in [9.17, 15) is 9.59 Å². The Balaban J connectivity index is 1.52. The summed E-state index contributed by atoms with van der Waals surface area (Å²) >= 11 is 7.28. The number of aryl methyl sites for hydroxylation is 2. The lowest BCUT2D eigenvalue weighted by Gasteiger charge is -2.36. The molecule has 1 aliphatic rings. The van der Waals surface area contributed by atoms with Crippen molar-refractivity contribution in [1.82, 2.24) is 9.88 Å². The van der Waals surface area contributed by atoms with Crippen LogP contribution in [-0.2, 0) is 9.53 Å². The number of rotatable bonds is 6. The molecule has 0 unspecified atom stereocenters. The number of nitrogens with zero attached hydrogens (tertiary/aromatic N) is 3. The van der Waals surface area contributed by atoms with Crippen molar-refractivity contribution in [2.75, 3.05) is 49.5 Å². The van der Waals surface area contributed by atoms with Crippen molar-refractivity contribution in [2.45, 2.75) is 20.8 Å². The zero-order chi connectivity index (χ0) is 21.0. The van der Waals surface area contributed by atoms with Gasteiger partial charge in [-0.25, -0.2) is 9.78 Å². The largest absolute Gasteiger partial charge is 0.462 e. The molecule has 0 bridgehead atoms. The summed E-state index contributed by atoms with van der Waals surface area (Å²) in [6, 6.07) is 5.91. The zero-order valence-corrected chi connectivity index (χ0v) is 18.4.